The van der Waals surface area contributed by atoms with E-state index in [9.17, 15) is 14.7 Å². The Bertz CT molecular complexity index is 1240. The summed E-state index contributed by atoms with van der Waals surface area (Å²) in [6, 6.07) is 21.1. The van der Waals surface area contributed by atoms with Crippen LogP contribution in [0.2, 0.25) is 0 Å². The van der Waals surface area contributed by atoms with Gasteiger partial charge in [0.25, 0.3) is 11.7 Å². The molecule has 1 aliphatic heterocycles. The topological polar surface area (TPSA) is 76.1 Å². The monoisotopic (exact) mass is 521 g/mol. The summed E-state index contributed by atoms with van der Waals surface area (Å²) in [5.41, 5.74) is 2.25. The molecule has 1 atom stereocenters. The van der Waals surface area contributed by atoms with Crippen molar-refractivity contribution in [2.24, 2.45) is 0 Å². The number of aliphatic hydroxyl groups excluding tert-OH is 1. The number of nitrogens with zero attached hydrogens (tertiary/aromatic N) is 1. The van der Waals surface area contributed by atoms with Crippen molar-refractivity contribution in [1.29, 1.82) is 0 Å². The van der Waals surface area contributed by atoms with Gasteiger partial charge in [-0.05, 0) is 41.8 Å². The van der Waals surface area contributed by atoms with Gasteiger partial charge in [-0.15, -0.1) is 0 Å². The van der Waals surface area contributed by atoms with Gasteiger partial charge in [0, 0.05) is 16.6 Å². The van der Waals surface area contributed by atoms with Crippen molar-refractivity contribution in [3.8, 4) is 11.5 Å². The lowest BCUT2D eigenvalue weighted by Crippen LogP contribution is -2.31. The van der Waals surface area contributed by atoms with E-state index in [0.717, 1.165) is 15.6 Å². The van der Waals surface area contributed by atoms with E-state index in [-0.39, 0.29) is 17.9 Å². The van der Waals surface area contributed by atoms with E-state index in [2.05, 4.69) is 15.9 Å². The van der Waals surface area contributed by atoms with E-state index in [1.807, 2.05) is 48.5 Å². The van der Waals surface area contributed by atoms with Crippen LogP contribution in [0.3, 0.4) is 0 Å². The second-order valence-corrected chi connectivity index (χ2v) is 8.77. The van der Waals surface area contributed by atoms with Crippen LogP contribution in [0.1, 0.15) is 22.7 Å². The van der Waals surface area contributed by atoms with E-state index in [1.54, 1.807) is 38.5 Å². The molecule has 1 N–H and O–H groups in total. The summed E-state index contributed by atoms with van der Waals surface area (Å²) < 4.78 is 11.5. The summed E-state index contributed by atoms with van der Waals surface area (Å²) in [5.74, 6) is -0.301. The number of methoxy groups -OCH3 is 2. The predicted molar refractivity (Wildman–Crippen MR) is 133 cm³/mol. The molecular formula is C27H24BrNO5. The third-order valence-corrected chi connectivity index (χ3v) is 6.39. The Kier molecular flexibility index (Phi) is 7.03. The Morgan fingerprint density at radius 1 is 0.941 bits per heavy atom. The molecule has 0 spiro atoms. The second kappa shape index (κ2) is 10.1. The smallest absolute Gasteiger partial charge is 0.295 e. The summed E-state index contributed by atoms with van der Waals surface area (Å²) in [7, 11) is 3.14. The van der Waals surface area contributed by atoms with Gasteiger partial charge in [-0.3, -0.25) is 9.59 Å². The maximum absolute atomic E-state index is 13.1. The highest BCUT2D eigenvalue weighted by molar-refractivity contribution is 9.10. The number of halogens is 1. The predicted octanol–water partition coefficient (Wildman–Crippen LogP) is 5.13. The number of hydrogen-bond donors (Lipinski definition) is 1. The molecule has 1 heterocycles. The molecule has 1 amide bonds. The quantitative estimate of drug-likeness (QED) is 0.265. The number of aliphatic hydroxyl groups is 1. The van der Waals surface area contributed by atoms with Crippen molar-refractivity contribution < 1.29 is 24.2 Å². The number of ketones is 1. The summed E-state index contributed by atoms with van der Waals surface area (Å²) in [6.07, 6.45) is 0.495. The van der Waals surface area contributed by atoms with E-state index >= 15 is 0 Å². The molecule has 7 heteroatoms. The molecule has 1 aliphatic rings. The van der Waals surface area contributed by atoms with Crippen molar-refractivity contribution in [3.63, 3.8) is 0 Å². The van der Waals surface area contributed by atoms with Crippen LogP contribution in [0.15, 0.2) is 82.8 Å². The molecule has 4 rings (SSSR count). The number of likely N-dealkylation sites (tertiary alicyclic amines) is 1. The minimum absolute atomic E-state index is 0.0887. The molecule has 1 unspecified atom stereocenters. The molecule has 0 aliphatic carbocycles. The Hall–Kier alpha value is -3.58. The SMILES string of the molecule is COc1ccc(CCN2C(=O)C(=O)/C(=C(/O)c3ccc(Br)cc3)C2c2ccccc2)cc1OC. The van der Waals surface area contributed by atoms with E-state index in [0.29, 0.717) is 23.5 Å². The highest BCUT2D eigenvalue weighted by Crippen LogP contribution is 2.39. The number of Topliss-reactive ketones (excluding diaryl/α,β-unsaturated/α-hetero) is 1. The van der Waals surface area contributed by atoms with Crippen LogP contribution in [-0.2, 0) is 16.0 Å². The molecule has 174 valence electrons. The number of hydrogen-bond acceptors (Lipinski definition) is 5. The van der Waals surface area contributed by atoms with Crippen molar-refractivity contribution in [1.82, 2.24) is 4.90 Å². The number of amides is 1. The van der Waals surface area contributed by atoms with Crippen molar-refractivity contribution in [3.05, 3.63) is 99.5 Å². The van der Waals surface area contributed by atoms with Gasteiger partial charge in [-0.1, -0.05) is 64.5 Å². The van der Waals surface area contributed by atoms with Gasteiger partial charge in [-0.25, -0.2) is 0 Å². The zero-order chi connectivity index (χ0) is 24.2. The van der Waals surface area contributed by atoms with Crippen LogP contribution in [0, 0.1) is 0 Å². The maximum Gasteiger partial charge on any atom is 0.295 e. The highest BCUT2D eigenvalue weighted by atomic mass is 79.9. The molecule has 0 radical (unpaired) electrons. The molecular weight excluding hydrogens is 498 g/mol. The van der Waals surface area contributed by atoms with Crippen molar-refractivity contribution >= 4 is 33.4 Å². The molecule has 3 aromatic carbocycles. The lowest BCUT2D eigenvalue weighted by molar-refractivity contribution is -0.139. The van der Waals surface area contributed by atoms with Gasteiger partial charge in [0.05, 0.1) is 25.8 Å². The third-order valence-electron chi connectivity index (χ3n) is 5.86. The zero-order valence-electron chi connectivity index (χ0n) is 18.8. The molecule has 0 saturated carbocycles. The minimum atomic E-state index is -0.693. The third kappa shape index (κ3) is 4.56. The molecule has 0 aromatic heterocycles. The fourth-order valence-electron chi connectivity index (χ4n) is 4.14. The lowest BCUT2D eigenvalue weighted by atomic mass is 9.95. The summed E-state index contributed by atoms with van der Waals surface area (Å²) in [4.78, 5) is 27.8. The number of rotatable bonds is 7. The van der Waals surface area contributed by atoms with Gasteiger partial charge in [0.1, 0.15) is 5.76 Å². The molecule has 34 heavy (non-hydrogen) atoms. The van der Waals surface area contributed by atoms with Gasteiger partial charge >= 0.3 is 0 Å². The largest absolute Gasteiger partial charge is 0.507 e. The summed E-state index contributed by atoms with van der Waals surface area (Å²) in [6.45, 7) is 0.288. The average Bonchev–Trinajstić information content (AvgIpc) is 3.12. The normalized spacial score (nSPS) is 17.1. The first-order valence-corrected chi connectivity index (χ1v) is 11.5. The molecule has 1 saturated heterocycles. The standard InChI is InChI=1S/C27H24BrNO5/c1-33-21-13-8-17(16-22(21)34-2)14-15-29-24(18-6-4-3-5-7-18)23(26(31)27(29)32)25(30)19-9-11-20(28)12-10-19/h3-13,16,24,30H,14-15H2,1-2H3/b25-23+. The number of benzene rings is 3. The summed E-state index contributed by atoms with van der Waals surface area (Å²) >= 11 is 3.38. The van der Waals surface area contributed by atoms with Crippen LogP contribution in [0.25, 0.3) is 5.76 Å². The molecule has 1 fully saturated rings. The first kappa shape index (κ1) is 23.6. The molecule has 3 aromatic rings. The highest BCUT2D eigenvalue weighted by Gasteiger charge is 2.45. The van der Waals surface area contributed by atoms with E-state index in [1.165, 1.54) is 4.90 Å². The second-order valence-electron chi connectivity index (χ2n) is 7.85. The number of ether oxygens (including phenoxy) is 2. The Morgan fingerprint density at radius 2 is 1.62 bits per heavy atom. The van der Waals surface area contributed by atoms with Gasteiger partial charge < -0.3 is 19.5 Å². The molecule has 0 bridgehead atoms. The van der Waals surface area contributed by atoms with Crippen molar-refractivity contribution in [2.75, 3.05) is 20.8 Å². The van der Waals surface area contributed by atoms with Crippen molar-refractivity contribution in [2.45, 2.75) is 12.5 Å². The first-order valence-electron chi connectivity index (χ1n) is 10.7. The van der Waals surface area contributed by atoms with E-state index in [4.69, 9.17) is 9.47 Å². The fraction of sp³-hybridized carbons (Fsp3) is 0.185. The Morgan fingerprint density at radius 3 is 2.26 bits per heavy atom. The van der Waals surface area contributed by atoms with Gasteiger partial charge in [0.15, 0.2) is 11.5 Å². The van der Waals surface area contributed by atoms with Crippen LogP contribution in [0.5, 0.6) is 11.5 Å². The minimum Gasteiger partial charge on any atom is -0.507 e. The maximum atomic E-state index is 13.1. The number of carbonyl (C=O) groups excluding carboxylic acids is 2. The Labute approximate surface area is 206 Å². The van der Waals surface area contributed by atoms with Gasteiger partial charge in [0.2, 0.25) is 0 Å². The Balaban J connectivity index is 1.72. The van der Waals surface area contributed by atoms with Crippen LogP contribution < -0.4 is 9.47 Å². The van der Waals surface area contributed by atoms with Crippen LogP contribution in [-0.4, -0.2) is 42.5 Å². The van der Waals surface area contributed by atoms with Crippen LogP contribution >= 0.6 is 15.9 Å². The van der Waals surface area contributed by atoms with Crippen LogP contribution in [0.4, 0.5) is 0 Å². The average molecular weight is 522 g/mol. The van der Waals surface area contributed by atoms with E-state index < -0.39 is 17.7 Å². The number of carbonyl (C=O) groups is 2. The lowest BCUT2D eigenvalue weighted by Gasteiger charge is -2.25. The van der Waals surface area contributed by atoms with Gasteiger partial charge in [-0.2, -0.15) is 0 Å². The fourth-order valence-corrected chi connectivity index (χ4v) is 4.41. The summed E-state index contributed by atoms with van der Waals surface area (Å²) in [5, 5.41) is 11.1. The molecule has 6 nitrogen and oxygen atoms in total. The zero-order valence-corrected chi connectivity index (χ0v) is 20.4. The first-order chi connectivity index (χ1) is 16.4.